The Labute approximate surface area is 131 Å². The Morgan fingerprint density at radius 3 is 2.95 bits per heavy atom. The van der Waals surface area contributed by atoms with Crippen molar-refractivity contribution in [2.75, 3.05) is 13.3 Å². The standard InChI is InChI=1S/C14H14Cl2FNO3/c15-14(16)5-11(14)13(19)18-2-1-8-3-10(17)4-9-6-20-7-21-12(8)9/h3-4,11H,1-2,5-7H2,(H,18,19). The summed E-state index contributed by atoms with van der Waals surface area (Å²) < 4.78 is 23.2. The monoisotopic (exact) mass is 333 g/mol. The molecule has 1 aromatic rings. The van der Waals surface area contributed by atoms with E-state index in [1.807, 2.05) is 0 Å². The Balaban J connectivity index is 1.60. The zero-order chi connectivity index (χ0) is 15.0. The van der Waals surface area contributed by atoms with Gasteiger partial charge in [0.2, 0.25) is 5.91 Å². The number of halogens is 3. The van der Waals surface area contributed by atoms with Crippen LogP contribution < -0.4 is 10.1 Å². The maximum absolute atomic E-state index is 13.5. The number of carbonyl (C=O) groups is 1. The molecular weight excluding hydrogens is 320 g/mol. The first-order chi connectivity index (χ1) is 9.97. The quantitative estimate of drug-likeness (QED) is 0.861. The molecule has 1 aliphatic heterocycles. The van der Waals surface area contributed by atoms with Gasteiger partial charge in [-0.3, -0.25) is 4.79 Å². The summed E-state index contributed by atoms with van der Waals surface area (Å²) in [7, 11) is 0. The lowest BCUT2D eigenvalue weighted by Crippen LogP contribution is -2.29. The first-order valence-corrected chi connectivity index (χ1v) is 7.40. The maximum atomic E-state index is 13.5. The van der Waals surface area contributed by atoms with Crippen LogP contribution in [-0.2, 0) is 22.6 Å². The van der Waals surface area contributed by atoms with Crippen LogP contribution in [0.4, 0.5) is 4.39 Å². The second-order valence-electron chi connectivity index (χ2n) is 5.22. The third-order valence-electron chi connectivity index (χ3n) is 3.59. The minimum atomic E-state index is -0.928. The van der Waals surface area contributed by atoms with E-state index in [0.717, 1.165) is 0 Å². The summed E-state index contributed by atoms with van der Waals surface area (Å²) in [5.74, 6) is -0.222. The topological polar surface area (TPSA) is 47.6 Å². The summed E-state index contributed by atoms with van der Waals surface area (Å²) in [4.78, 5) is 11.8. The smallest absolute Gasteiger partial charge is 0.226 e. The van der Waals surface area contributed by atoms with Crippen molar-refractivity contribution < 1.29 is 18.7 Å². The molecule has 3 rings (SSSR count). The number of rotatable bonds is 4. The van der Waals surface area contributed by atoms with Gasteiger partial charge in [-0.15, -0.1) is 23.2 Å². The van der Waals surface area contributed by atoms with E-state index in [-0.39, 0.29) is 24.4 Å². The molecule has 1 atom stereocenters. The van der Waals surface area contributed by atoms with Crippen LogP contribution in [0, 0.1) is 11.7 Å². The molecule has 1 aliphatic carbocycles. The van der Waals surface area contributed by atoms with Crippen molar-refractivity contribution in [3.05, 3.63) is 29.1 Å². The van der Waals surface area contributed by atoms with E-state index >= 15 is 0 Å². The van der Waals surface area contributed by atoms with Gasteiger partial charge in [0, 0.05) is 12.1 Å². The first-order valence-electron chi connectivity index (χ1n) is 6.65. The summed E-state index contributed by atoms with van der Waals surface area (Å²) in [5, 5.41) is 2.76. The molecule has 0 bridgehead atoms. The highest BCUT2D eigenvalue weighted by molar-refractivity contribution is 6.52. The van der Waals surface area contributed by atoms with Crippen LogP contribution in [0.15, 0.2) is 12.1 Å². The van der Waals surface area contributed by atoms with Crippen molar-refractivity contribution in [3.63, 3.8) is 0 Å². The summed E-state index contributed by atoms with van der Waals surface area (Å²) in [6, 6.07) is 2.82. The zero-order valence-electron chi connectivity index (χ0n) is 11.1. The number of hydrogen-bond donors (Lipinski definition) is 1. The molecule has 2 aliphatic rings. The second kappa shape index (κ2) is 5.63. The average Bonchev–Trinajstić information content (AvgIpc) is 3.07. The number of ether oxygens (including phenoxy) is 2. The highest BCUT2D eigenvalue weighted by Gasteiger charge is 2.56. The van der Waals surface area contributed by atoms with Crippen LogP contribution in [0.25, 0.3) is 0 Å². The van der Waals surface area contributed by atoms with Crippen molar-refractivity contribution in [1.29, 1.82) is 0 Å². The molecule has 1 saturated carbocycles. The summed E-state index contributed by atoms with van der Waals surface area (Å²) in [6.07, 6.45) is 0.938. The highest BCUT2D eigenvalue weighted by Crippen LogP contribution is 2.53. The van der Waals surface area contributed by atoms with Gasteiger partial charge in [0.25, 0.3) is 0 Å². The molecule has 0 spiro atoms. The van der Waals surface area contributed by atoms with Gasteiger partial charge >= 0.3 is 0 Å². The van der Waals surface area contributed by atoms with Crippen LogP contribution in [0.3, 0.4) is 0 Å². The largest absolute Gasteiger partial charge is 0.467 e. The van der Waals surface area contributed by atoms with Crippen LogP contribution in [0.1, 0.15) is 17.5 Å². The minimum Gasteiger partial charge on any atom is -0.467 e. The number of amides is 1. The van der Waals surface area contributed by atoms with Gasteiger partial charge in [-0.1, -0.05) is 0 Å². The molecule has 1 unspecified atom stereocenters. The molecule has 1 aromatic carbocycles. The van der Waals surface area contributed by atoms with Crippen molar-refractivity contribution in [3.8, 4) is 5.75 Å². The van der Waals surface area contributed by atoms with Crippen molar-refractivity contribution >= 4 is 29.1 Å². The Morgan fingerprint density at radius 2 is 2.24 bits per heavy atom. The SMILES string of the molecule is O=C(NCCc1cc(F)cc2c1OCOC2)C1CC1(Cl)Cl. The van der Waals surface area contributed by atoms with Gasteiger partial charge in [0.1, 0.15) is 15.9 Å². The molecule has 1 amide bonds. The maximum Gasteiger partial charge on any atom is 0.226 e. The molecule has 1 fully saturated rings. The van der Waals surface area contributed by atoms with Crippen molar-refractivity contribution in [1.82, 2.24) is 5.32 Å². The number of fused-ring (bicyclic) bond motifs is 1. The van der Waals surface area contributed by atoms with E-state index in [1.54, 1.807) is 0 Å². The molecule has 114 valence electrons. The van der Waals surface area contributed by atoms with E-state index in [2.05, 4.69) is 5.32 Å². The van der Waals surface area contributed by atoms with Crippen molar-refractivity contribution in [2.45, 2.75) is 23.8 Å². The summed E-state index contributed by atoms with van der Waals surface area (Å²) in [6.45, 7) is 0.857. The van der Waals surface area contributed by atoms with Crippen molar-refractivity contribution in [2.24, 2.45) is 5.92 Å². The number of alkyl halides is 2. The molecule has 1 heterocycles. The van der Waals surface area contributed by atoms with E-state index < -0.39 is 4.33 Å². The van der Waals surface area contributed by atoms with Crippen LogP contribution in [0.5, 0.6) is 5.75 Å². The summed E-state index contributed by atoms with van der Waals surface area (Å²) >= 11 is 11.7. The van der Waals surface area contributed by atoms with Gasteiger partial charge in [-0.25, -0.2) is 4.39 Å². The van der Waals surface area contributed by atoms with Crippen LogP contribution in [-0.4, -0.2) is 23.6 Å². The van der Waals surface area contributed by atoms with E-state index in [0.29, 0.717) is 42.9 Å². The minimum absolute atomic E-state index is 0.154. The molecule has 1 N–H and O–H groups in total. The normalized spacial score (nSPS) is 22.1. The fourth-order valence-electron chi connectivity index (χ4n) is 2.38. The molecule has 0 saturated heterocycles. The predicted molar refractivity (Wildman–Crippen MR) is 75.9 cm³/mol. The van der Waals surface area contributed by atoms with Gasteiger partial charge in [0.05, 0.1) is 12.5 Å². The lowest BCUT2D eigenvalue weighted by Gasteiger charge is -2.21. The average molecular weight is 334 g/mol. The molecule has 4 nitrogen and oxygen atoms in total. The first kappa shape index (κ1) is 14.9. The lowest BCUT2D eigenvalue weighted by molar-refractivity contribution is -0.122. The number of nitrogens with one attached hydrogen (secondary N) is 1. The van der Waals surface area contributed by atoms with Gasteiger partial charge in [0.15, 0.2) is 6.79 Å². The molecule has 0 aromatic heterocycles. The fraction of sp³-hybridized carbons (Fsp3) is 0.500. The van der Waals surface area contributed by atoms with Gasteiger partial charge in [-0.2, -0.15) is 0 Å². The zero-order valence-corrected chi connectivity index (χ0v) is 12.6. The number of benzene rings is 1. The fourth-order valence-corrected chi connectivity index (χ4v) is 2.89. The third-order valence-corrected chi connectivity index (χ3v) is 4.42. The van der Waals surface area contributed by atoms with E-state index in [9.17, 15) is 9.18 Å². The molecule has 0 radical (unpaired) electrons. The lowest BCUT2D eigenvalue weighted by atomic mass is 10.1. The van der Waals surface area contributed by atoms with Crippen LogP contribution >= 0.6 is 23.2 Å². The number of carbonyl (C=O) groups excluding carboxylic acids is 1. The highest BCUT2D eigenvalue weighted by atomic mass is 35.5. The molecule has 7 heteroatoms. The van der Waals surface area contributed by atoms with Gasteiger partial charge < -0.3 is 14.8 Å². The Hall–Kier alpha value is -1.04. The molecule has 21 heavy (non-hydrogen) atoms. The van der Waals surface area contributed by atoms with E-state index in [1.165, 1.54) is 12.1 Å². The number of hydrogen-bond acceptors (Lipinski definition) is 3. The Kier molecular flexibility index (Phi) is 3.99. The summed E-state index contributed by atoms with van der Waals surface area (Å²) in [5.41, 5.74) is 1.40. The third kappa shape index (κ3) is 3.25. The Morgan fingerprint density at radius 1 is 1.48 bits per heavy atom. The van der Waals surface area contributed by atoms with Crippen LogP contribution in [0.2, 0.25) is 0 Å². The van der Waals surface area contributed by atoms with Gasteiger partial charge in [-0.05, 0) is 30.5 Å². The predicted octanol–water partition coefficient (Wildman–Crippen LogP) is 2.54. The second-order valence-corrected chi connectivity index (χ2v) is 6.76. The Bertz CT molecular complexity index is 580. The van der Waals surface area contributed by atoms with E-state index in [4.69, 9.17) is 32.7 Å². The molecular formula is C14H14Cl2FNO3.